The van der Waals surface area contributed by atoms with Gasteiger partial charge in [-0.2, -0.15) is 0 Å². The van der Waals surface area contributed by atoms with Crippen LogP contribution in [0.5, 0.6) is 0 Å². The summed E-state index contributed by atoms with van der Waals surface area (Å²) in [4.78, 5) is 21.6. The molecule has 0 radical (unpaired) electrons. The van der Waals surface area contributed by atoms with Crippen LogP contribution in [0, 0.1) is 13.8 Å². The molecule has 19 heavy (non-hydrogen) atoms. The highest BCUT2D eigenvalue weighted by atomic mass is 16.1. The summed E-state index contributed by atoms with van der Waals surface area (Å²) in [6.07, 6.45) is 1.77. The van der Waals surface area contributed by atoms with Crippen LogP contribution in [-0.2, 0) is 6.54 Å². The Morgan fingerprint density at radius 3 is 2.74 bits per heavy atom. The lowest BCUT2D eigenvalue weighted by Gasteiger charge is -2.14. The van der Waals surface area contributed by atoms with Crippen molar-refractivity contribution < 1.29 is 4.79 Å². The number of likely N-dealkylation sites (N-methyl/N-ethyl adjacent to an activating group) is 1. The lowest BCUT2D eigenvalue weighted by Crippen LogP contribution is -2.26. The van der Waals surface area contributed by atoms with Crippen LogP contribution in [0.15, 0.2) is 30.5 Å². The van der Waals surface area contributed by atoms with E-state index in [1.54, 1.807) is 6.20 Å². The van der Waals surface area contributed by atoms with E-state index in [9.17, 15) is 4.79 Å². The number of nitrogens with one attached hydrogen (secondary N) is 1. The van der Waals surface area contributed by atoms with Crippen molar-refractivity contribution in [3.8, 4) is 0 Å². The number of carbonyl (C=O) groups excluding carboxylic acids is 1. The van der Waals surface area contributed by atoms with Crippen molar-refractivity contribution in [2.24, 2.45) is 0 Å². The first kappa shape index (κ1) is 13.5. The average molecular weight is 257 g/mol. The summed E-state index contributed by atoms with van der Waals surface area (Å²) in [5, 5.41) is 0. The number of aromatic nitrogens is 2. The van der Waals surface area contributed by atoms with Crippen molar-refractivity contribution in [1.29, 1.82) is 0 Å². The fraction of sp³-hybridized carbons (Fsp3) is 0.333. The SMILES string of the molecule is Cc1cc(C(=O)CN(C)Cc2ccccn2)c(C)[nH]1. The highest BCUT2D eigenvalue weighted by Crippen LogP contribution is 2.11. The first-order valence-electron chi connectivity index (χ1n) is 6.34. The number of H-pyrrole nitrogens is 1. The lowest BCUT2D eigenvalue weighted by molar-refractivity contribution is 0.0942. The van der Waals surface area contributed by atoms with E-state index >= 15 is 0 Å². The molecule has 0 spiro atoms. The van der Waals surface area contributed by atoms with Gasteiger partial charge in [-0.3, -0.25) is 14.7 Å². The van der Waals surface area contributed by atoms with Crippen LogP contribution in [0.25, 0.3) is 0 Å². The minimum absolute atomic E-state index is 0.139. The number of hydrogen-bond acceptors (Lipinski definition) is 3. The van der Waals surface area contributed by atoms with Crippen LogP contribution >= 0.6 is 0 Å². The van der Waals surface area contributed by atoms with Gasteiger partial charge in [0.2, 0.25) is 0 Å². The molecular weight excluding hydrogens is 238 g/mol. The maximum Gasteiger partial charge on any atom is 0.178 e. The Morgan fingerprint density at radius 1 is 1.37 bits per heavy atom. The number of Topliss-reactive ketones (excluding diaryl/α,β-unsaturated/α-hetero) is 1. The minimum Gasteiger partial charge on any atom is -0.362 e. The summed E-state index contributed by atoms with van der Waals surface area (Å²) < 4.78 is 0. The van der Waals surface area contributed by atoms with Crippen LogP contribution in [0.2, 0.25) is 0 Å². The zero-order chi connectivity index (χ0) is 13.8. The number of aryl methyl sites for hydroxylation is 2. The van der Waals surface area contributed by atoms with Crippen molar-refractivity contribution in [2.75, 3.05) is 13.6 Å². The highest BCUT2D eigenvalue weighted by molar-refractivity contribution is 5.98. The Hall–Kier alpha value is -1.94. The van der Waals surface area contributed by atoms with E-state index in [0.717, 1.165) is 22.6 Å². The number of aromatic amines is 1. The Kier molecular flexibility index (Phi) is 4.12. The Balaban J connectivity index is 1.97. The van der Waals surface area contributed by atoms with Gasteiger partial charge in [0.15, 0.2) is 5.78 Å². The van der Waals surface area contributed by atoms with Crippen molar-refractivity contribution in [3.05, 3.63) is 53.1 Å². The van der Waals surface area contributed by atoms with E-state index in [-0.39, 0.29) is 5.78 Å². The minimum atomic E-state index is 0.139. The van der Waals surface area contributed by atoms with Crippen molar-refractivity contribution in [1.82, 2.24) is 14.9 Å². The molecule has 2 heterocycles. The Morgan fingerprint density at radius 2 is 2.16 bits per heavy atom. The molecule has 0 atom stereocenters. The zero-order valence-electron chi connectivity index (χ0n) is 11.6. The summed E-state index contributed by atoms with van der Waals surface area (Å²) in [6.45, 7) is 4.96. The van der Waals surface area contributed by atoms with Gasteiger partial charge >= 0.3 is 0 Å². The third-order valence-corrected chi connectivity index (χ3v) is 3.02. The van der Waals surface area contributed by atoms with Gasteiger partial charge in [-0.15, -0.1) is 0 Å². The molecule has 0 aliphatic carbocycles. The standard InChI is InChI=1S/C15H19N3O/c1-11-8-14(12(2)17-11)15(19)10-18(3)9-13-6-4-5-7-16-13/h4-8,17H,9-10H2,1-3H3. The van der Waals surface area contributed by atoms with E-state index in [4.69, 9.17) is 0 Å². The van der Waals surface area contributed by atoms with Crippen LogP contribution in [0.1, 0.15) is 27.4 Å². The molecule has 2 rings (SSSR count). The van der Waals surface area contributed by atoms with Crippen molar-refractivity contribution >= 4 is 5.78 Å². The monoisotopic (exact) mass is 257 g/mol. The number of ketones is 1. The van der Waals surface area contributed by atoms with Gasteiger partial charge in [-0.25, -0.2) is 0 Å². The first-order chi connectivity index (χ1) is 9.06. The molecule has 0 saturated carbocycles. The Labute approximate surface area is 113 Å². The zero-order valence-corrected chi connectivity index (χ0v) is 11.6. The second-order valence-corrected chi connectivity index (χ2v) is 4.91. The van der Waals surface area contributed by atoms with Gasteiger partial charge < -0.3 is 4.98 Å². The van der Waals surface area contributed by atoms with Gasteiger partial charge in [0.25, 0.3) is 0 Å². The number of carbonyl (C=O) groups is 1. The second-order valence-electron chi connectivity index (χ2n) is 4.91. The number of rotatable bonds is 5. The maximum absolute atomic E-state index is 12.2. The first-order valence-corrected chi connectivity index (χ1v) is 6.34. The van der Waals surface area contributed by atoms with Gasteiger partial charge in [-0.05, 0) is 39.1 Å². The average Bonchev–Trinajstić information content (AvgIpc) is 2.69. The molecule has 0 aliphatic heterocycles. The number of pyridine rings is 1. The predicted molar refractivity (Wildman–Crippen MR) is 75.2 cm³/mol. The van der Waals surface area contributed by atoms with Gasteiger partial charge in [0.05, 0.1) is 12.2 Å². The van der Waals surface area contributed by atoms with E-state index in [0.29, 0.717) is 13.1 Å². The van der Waals surface area contributed by atoms with Gasteiger partial charge in [0.1, 0.15) is 0 Å². The molecule has 100 valence electrons. The molecule has 0 fully saturated rings. The van der Waals surface area contributed by atoms with Crippen LogP contribution < -0.4 is 0 Å². The van der Waals surface area contributed by atoms with Crippen molar-refractivity contribution in [2.45, 2.75) is 20.4 Å². The third kappa shape index (κ3) is 3.51. The summed E-state index contributed by atoms with van der Waals surface area (Å²) >= 11 is 0. The smallest absolute Gasteiger partial charge is 0.178 e. The third-order valence-electron chi connectivity index (χ3n) is 3.02. The molecule has 0 aromatic carbocycles. The molecule has 1 N–H and O–H groups in total. The number of nitrogens with zero attached hydrogens (tertiary/aromatic N) is 2. The van der Waals surface area contributed by atoms with Crippen LogP contribution in [0.4, 0.5) is 0 Å². The molecule has 4 heteroatoms. The van der Waals surface area contributed by atoms with Crippen LogP contribution in [-0.4, -0.2) is 34.2 Å². The Bertz CT molecular complexity index is 560. The fourth-order valence-corrected chi connectivity index (χ4v) is 2.17. The molecule has 2 aromatic rings. The molecular formula is C15H19N3O. The van der Waals surface area contributed by atoms with Gasteiger partial charge in [-0.1, -0.05) is 6.07 Å². The molecule has 2 aromatic heterocycles. The molecule has 0 amide bonds. The summed E-state index contributed by atoms with van der Waals surface area (Å²) in [5.74, 6) is 0.139. The largest absolute Gasteiger partial charge is 0.362 e. The molecule has 0 aliphatic rings. The van der Waals surface area contributed by atoms with E-state index in [1.165, 1.54) is 0 Å². The van der Waals surface area contributed by atoms with E-state index in [1.807, 2.05) is 50.1 Å². The quantitative estimate of drug-likeness (QED) is 0.836. The van der Waals surface area contributed by atoms with Crippen LogP contribution in [0.3, 0.4) is 0 Å². The lowest BCUT2D eigenvalue weighted by atomic mass is 10.1. The molecule has 0 saturated heterocycles. The predicted octanol–water partition coefficient (Wildman–Crippen LogP) is 2.34. The molecule has 0 unspecified atom stereocenters. The maximum atomic E-state index is 12.2. The fourth-order valence-electron chi connectivity index (χ4n) is 2.17. The van der Waals surface area contributed by atoms with E-state index < -0.39 is 0 Å². The summed E-state index contributed by atoms with van der Waals surface area (Å²) in [6, 6.07) is 7.72. The van der Waals surface area contributed by atoms with Crippen molar-refractivity contribution in [3.63, 3.8) is 0 Å². The topological polar surface area (TPSA) is 49.0 Å². The molecule has 4 nitrogen and oxygen atoms in total. The number of hydrogen-bond donors (Lipinski definition) is 1. The summed E-state index contributed by atoms with van der Waals surface area (Å²) in [5.41, 5.74) is 3.71. The summed E-state index contributed by atoms with van der Waals surface area (Å²) in [7, 11) is 1.93. The molecule has 0 bridgehead atoms. The normalized spacial score (nSPS) is 10.9. The van der Waals surface area contributed by atoms with E-state index in [2.05, 4.69) is 9.97 Å². The van der Waals surface area contributed by atoms with Gasteiger partial charge in [0, 0.05) is 29.7 Å². The highest BCUT2D eigenvalue weighted by Gasteiger charge is 2.14. The second kappa shape index (κ2) is 5.80.